The number of aromatic nitrogens is 2. The minimum Gasteiger partial charge on any atom is -0.339 e. The van der Waals surface area contributed by atoms with Crippen LogP contribution in [0.15, 0.2) is 4.52 Å². The van der Waals surface area contributed by atoms with Crippen molar-refractivity contribution in [1.82, 2.24) is 10.1 Å². The quantitative estimate of drug-likeness (QED) is 0.746. The Bertz CT molecular complexity index is 407. The zero-order chi connectivity index (χ0) is 12.8. The molecule has 1 saturated carbocycles. The molecule has 1 aromatic rings. The average Bonchev–Trinajstić information content (AvgIpc) is 2.88. The van der Waals surface area contributed by atoms with Gasteiger partial charge in [-0.2, -0.15) is 10.2 Å². The average molecular weight is 247 g/mol. The summed E-state index contributed by atoms with van der Waals surface area (Å²) in [6.07, 6.45) is 8.36. The zero-order valence-electron chi connectivity index (χ0n) is 11.1. The maximum absolute atomic E-state index is 8.49. The molecule has 2 rings (SSSR count). The molecule has 0 spiro atoms. The molecule has 0 saturated heterocycles. The van der Waals surface area contributed by atoms with E-state index in [0.717, 1.165) is 24.6 Å². The van der Waals surface area contributed by atoms with Gasteiger partial charge in [-0.1, -0.05) is 31.3 Å². The van der Waals surface area contributed by atoms with Crippen LogP contribution in [0.2, 0.25) is 0 Å². The number of rotatable bonds is 5. The maximum Gasteiger partial charge on any atom is 0.226 e. The highest BCUT2D eigenvalue weighted by Gasteiger charge is 2.25. The molecule has 0 N–H and O–H groups in total. The molecule has 2 unspecified atom stereocenters. The minimum absolute atomic E-state index is 0.483. The van der Waals surface area contributed by atoms with Gasteiger partial charge in [0.1, 0.15) is 0 Å². The van der Waals surface area contributed by atoms with E-state index in [4.69, 9.17) is 9.78 Å². The van der Waals surface area contributed by atoms with Gasteiger partial charge in [-0.15, -0.1) is 0 Å². The van der Waals surface area contributed by atoms with Crippen LogP contribution < -0.4 is 0 Å². The van der Waals surface area contributed by atoms with E-state index in [1.54, 1.807) is 0 Å². The predicted molar refractivity (Wildman–Crippen MR) is 67.8 cm³/mol. The van der Waals surface area contributed by atoms with Crippen molar-refractivity contribution in [1.29, 1.82) is 5.26 Å². The summed E-state index contributed by atoms with van der Waals surface area (Å²) in [5.41, 5.74) is 0. The molecule has 2 atom stereocenters. The molecule has 1 aromatic heterocycles. The zero-order valence-corrected chi connectivity index (χ0v) is 11.1. The highest BCUT2D eigenvalue weighted by molar-refractivity contribution is 4.98. The summed E-state index contributed by atoms with van der Waals surface area (Å²) < 4.78 is 5.26. The SMILES string of the molecule is CCC1CCCC(c2noc(CCCC#N)n2)C1. The second-order valence-corrected chi connectivity index (χ2v) is 5.20. The Labute approximate surface area is 108 Å². The topological polar surface area (TPSA) is 62.7 Å². The fourth-order valence-electron chi connectivity index (χ4n) is 2.75. The Kier molecular flexibility index (Phi) is 4.74. The Morgan fingerprint density at radius 2 is 2.33 bits per heavy atom. The van der Waals surface area contributed by atoms with E-state index in [-0.39, 0.29) is 0 Å². The van der Waals surface area contributed by atoms with Crippen molar-refractivity contribution in [2.75, 3.05) is 0 Å². The Hall–Kier alpha value is -1.37. The van der Waals surface area contributed by atoms with Crippen molar-refractivity contribution in [3.8, 4) is 6.07 Å². The maximum atomic E-state index is 8.49. The van der Waals surface area contributed by atoms with E-state index >= 15 is 0 Å². The van der Waals surface area contributed by atoms with Crippen LogP contribution in [0.1, 0.15) is 69.5 Å². The third kappa shape index (κ3) is 3.32. The lowest BCUT2D eigenvalue weighted by molar-refractivity contribution is 0.298. The molecule has 1 aliphatic carbocycles. The van der Waals surface area contributed by atoms with E-state index in [1.165, 1.54) is 32.1 Å². The number of nitrogens with zero attached hydrogens (tertiary/aromatic N) is 3. The first-order chi connectivity index (χ1) is 8.83. The smallest absolute Gasteiger partial charge is 0.226 e. The summed E-state index contributed by atoms with van der Waals surface area (Å²) >= 11 is 0. The van der Waals surface area contributed by atoms with Gasteiger partial charge >= 0.3 is 0 Å². The van der Waals surface area contributed by atoms with Gasteiger partial charge in [0.25, 0.3) is 0 Å². The molecule has 1 aliphatic rings. The van der Waals surface area contributed by atoms with Crippen LogP contribution in [-0.2, 0) is 6.42 Å². The Balaban J connectivity index is 1.90. The van der Waals surface area contributed by atoms with E-state index in [2.05, 4.69) is 23.1 Å². The van der Waals surface area contributed by atoms with Gasteiger partial charge in [0.2, 0.25) is 5.89 Å². The van der Waals surface area contributed by atoms with Crippen LogP contribution in [0.5, 0.6) is 0 Å². The number of aryl methyl sites for hydroxylation is 1. The number of hydrogen-bond donors (Lipinski definition) is 0. The first kappa shape index (κ1) is 13.1. The third-order valence-electron chi connectivity index (χ3n) is 3.89. The van der Waals surface area contributed by atoms with Gasteiger partial charge in [-0.3, -0.25) is 0 Å². The van der Waals surface area contributed by atoms with Crippen LogP contribution in [0.4, 0.5) is 0 Å². The molecule has 4 heteroatoms. The van der Waals surface area contributed by atoms with E-state index in [0.29, 0.717) is 18.2 Å². The van der Waals surface area contributed by atoms with Gasteiger partial charge in [0.05, 0.1) is 6.07 Å². The normalized spacial score (nSPS) is 23.8. The van der Waals surface area contributed by atoms with Crippen LogP contribution in [0.3, 0.4) is 0 Å². The largest absolute Gasteiger partial charge is 0.339 e. The second-order valence-electron chi connectivity index (χ2n) is 5.20. The lowest BCUT2D eigenvalue weighted by Gasteiger charge is -2.26. The summed E-state index contributed by atoms with van der Waals surface area (Å²) in [5.74, 6) is 2.89. The second kappa shape index (κ2) is 6.53. The molecular formula is C14H21N3O. The Morgan fingerprint density at radius 3 is 3.11 bits per heavy atom. The van der Waals surface area contributed by atoms with Gasteiger partial charge in [-0.25, -0.2) is 0 Å². The van der Waals surface area contributed by atoms with E-state index in [9.17, 15) is 0 Å². The molecule has 98 valence electrons. The molecule has 0 bridgehead atoms. The van der Waals surface area contributed by atoms with Crippen LogP contribution >= 0.6 is 0 Å². The summed E-state index contributed by atoms with van der Waals surface area (Å²) in [5, 5.41) is 12.6. The number of nitriles is 1. The van der Waals surface area contributed by atoms with Crippen molar-refractivity contribution in [3.05, 3.63) is 11.7 Å². The lowest BCUT2D eigenvalue weighted by atomic mass is 9.80. The number of hydrogen-bond acceptors (Lipinski definition) is 4. The first-order valence-electron chi connectivity index (χ1n) is 7.03. The fraction of sp³-hybridized carbons (Fsp3) is 0.786. The van der Waals surface area contributed by atoms with Gasteiger partial charge in [0.15, 0.2) is 5.82 Å². The summed E-state index contributed by atoms with van der Waals surface area (Å²) in [6, 6.07) is 2.13. The first-order valence-corrected chi connectivity index (χ1v) is 7.03. The molecule has 18 heavy (non-hydrogen) atoms. The fourth-order valence-corrected chi connectivity index (χ4v) is 2.75. The standard InChI is InChI=1S/C14H21N3O/c1-2-11-6-5-7-12(10-11)14-16-13(18-17-14)8-3-4-9-15/h11-12H,2-8,10H2,1H3. The summed E-state index contributed by atoms with van der Waals surface area (Å²) in [4.78, 5) is 4.49. The van der Waals surface area contributed by atoms with Crippen molar-refractivity contribution in [2.45, 2.75) is 64.2 Å². The molecule has 0 aromatic carbocycles. The number of unbranched alkanes of at least 4 members (excludes halogenated alkanes) is 1. The van der Waals surface area contributed by atoms with Gasteiger partial charge in [0, 0.05) is 18.8 Å². The highest BCUT2D eigenvalue weighted by Crippen LogP contribution is 2.36. The van der Waals surface area contributed by atoms with Gasteiger partial charge in [-0.05, 0) is 25.2 Å². The molecule has 1 heterocycles. The molecular weight excluding hydrogens is 226 g/mol. The molecule has 1 fully saturated rings. The van der Waals surface area contributed by atoms with E-state index in [1.807, 2.05) is 0 Å². The predicted octanol–water partition coefficient (Wildman–Crippen LogP) is 3.60. The van der Waals surface area contributed by atoms with Crippen molar-refractivity contribution in [2.24, 2.45) is 5.92 Å². The Morgan fingerprint density at radius 1 is 1.44 bits per heavy atom. The van der Waals surface area contributed by atoms with Crippen molar-refractivity contribution in [3.63, 3.8) is 0 Å². The monoisotopic (exact) mass is 247 g/mol. The molecule has 4 nitrogen and oxygen atoms in total. The molecule has 0 radical (unpaired) electrons. The molecule has 0 aliphatic heterocycles. The van der Waals surface area contributed by atoms with Crippen molar-refractivity contribution < 1.29 is 4.52 Å². The minimum atomic E-state index is 0.483. The summed E-state index contributed by atoms with van der Waals surface area (Å²) in [7, 11) is 0. The van der Waals surface area contributed by atoms with Crippen LogP contribution in [0.25, 0.3) is 0 Å². The van der Waals surface area contributed by atoms with Gasteiger partial charge < -0.3 is 4.52 Å². The third-order valence-corrected chi connectivity index (χ3v) is 3.89. The lowest BCUT2D eigenvalue weighted by Crippen LogP contribution is -2.14. The summed E-state index contributed by atoms with van der Waals surface area (Å²) in [6.45, 7) is 2.26. The molecule has 0 amide bonds. The highest BCUT2D eigenvalue weighted by atomic mass is 16.5. The van der Waals surface area contributed by atoms with Crippen LogP contribution in [0, 0.1) is 17.2 Å². The van der Waals surface area contributed by atoms with Crippen LogP contribution in [-0.4, -0.2) is 10.1 Å². The van der Waals surface area contributed by atoms with Crippen molar-refractivity contribution >= 4 is 0 Å². The van der Waals surface area contributed by atoms with E-state index < -0.39 is 0 Å².